The summed E-state index contributed by atoms with van der Waals surface area (Å²) in [6.45, 7) is 7.62. The van der Waals surface area contributed by atoms with Crippen molar-refractivity contribution in [2.75, 3.05) is 20.7 Å². The molecule has 0 aliphatic heterocycles. The van der Waals surface area contributed by atoms with Gasteiger partial charge in [0.1, 0.15) is 5.75 Å². The van der Waals surface area contributed by atoms with E-state index in [1.807, 2.05) is 7.05 Å². The molecule has 0 aliphatic carbocycles. The van der Waals surface area contributed by atoms with E-state index in [0.29, 0.717) is 11.8 Å². The van der Waals surface area contributed by atoms with Crippen LogP contribution < -0.4 is 10.1 Å². The molecule has 2 nitrogen and oxygen atoms in total. The molecule has 0 heterocycles. The van der Waals surface area contributed by atoms with Crippen LogP contribution in [0, 0.1) is 0 Å². The Hall–Kier alpha value is -1.02. The minimum absolute atomic E-state index is 0.471. The van der Waals surface area contributed by atoms with Crippen molar-refractivity contribution in [3.05, 3.63) is 29.3 Å². The van der Waals surface area contributed by atoms with E-state index in [-0.39, 0.29) is 0 Å². The Balaban J connectivity index is 3.06. The summed E-state index contributed by atoms with van der Waals surface area (Å²) in [5, 5.41) is 3.21. The molecule has 90 valence electrons. The predicted molar refractivity (Wildman–Crippen MR) is 69.4 cm³/mol. The molecule has 0 saturated heterocycles. The fraction of sp³-hybridized carbons (Fsp3) is 0.571. The van der Waals surface area contributed by atoms with Gasteiger partial charge in [-0.1, -0.05) is 32.9 Å². The fourth-order valence-electron chi connectivity index (χ4n) is 1.91. The Morgan fingerprint density at radius 2 is 1.94 bits per heavy atom. The van der Waals surface area contributed by atoms with Crippen molar-refractivity contribution >= 4 is 0 Å². The summed E-state index contributed by atoms with van der Waals surface area (Å²) in [6, 6.07) is 6.50. The number of ether oxygens (including phenoxy) is 1. The van der Waals surface area contributed by atoms with Gasteiger partial charge in [0.05, 0.1) is 7.11 Å². The minimum atomic E-state index is 0.471. The van der Waals surface area contributed by atoms with Crippen molar-refractivity contribution in [3.63, 3.8) is 0 Å². The zero-order valence-electron chi connectivity index (χ0n) is 11.0. The number of hydrogen-bond acceptors (Lipinski definition) is 2. The topological polar surface area (TPSA) is 21.3 Å². The van der Waals surface area contributed by atoms with Gasteiger partial charge in [-0.15, -0.1) is 0 Å². The number of methoxy groups -OCH3 is 1. The highest BCUT2D eigenvalue weighted by atomic mass is 16.5. The van der Waals surface area contributed by atoms with Crippen molar-refractivity contribution in [2.24, 2.45) is 0 Å². The number of benzene rings is 1. The summed E-state index contributed by atoms with van der Waals surface area (Å²) >= 11 is 0. The van der Waals surface area contributed by atoms with E-state index in [9.17, 15) is 0 Å². The van der Waals surface area contributed by atoms with Crippen molar-refractivity contribution < 1.29 is 4.74 Å². The molecule has 1 unspecified atom stereocenters. The van der Waals surface area contributed by atoms with Gasteiger partial charge in [0.2, 0.25) is 0 Å². The van der Waals surface area contributed by atoms with Gasteiger partial charge in [-0.2, -0.15) is 0 Å². The van der Waals surface area contributed by atoms with Gasteiger partial charge in [0.15, 0.2) is 0 Å². The second-order valence-electron chi connectivity index (χ2n) is 4.61. The second-order valence-corrected chi connectivity index (χ2v) is 4.61. The van der Waals surface area contributed by atoms with E-state index < -0.39 is 0 Å². The van der Waals surface area contributed by atoms with E-state index in [4.69, 9.17) is 4.74 Å². The third kappa shape index (κ3) is 2.99. The maximum Gasteiger partial charge on any atom is 0.122 e. The number of likely N-dealkylation sites (N-methyl/N-ethyl adjacent to an activating group) is 1. The van der Waals surface area contributed by atoms with Crippen LogP contribution in [0.2, 0.25) is 0 Å². The first kappa shape index (κ1) is 13.0. The first-order valence-corrected chi connectivity index (χ1v) is 5.92. The third-order valence-corrected chi connectivity index (χ3v) is 2.96. The highest BCUT2D eigenvalue weighted by molar-refractivity contribution is 5.40. The average Bonchev–Trinajstić information content (AvgIpc) is 2.28. The van der Waals surface area contributed by atoms with Crippen molar-refractivity contribution in [1.29, 1.82) is 0 Å². The first-order chi connectivity index (χ1) is 7.60. The first-order valence-electron chi connectivity index (χ1n) is 5.92. The Morgan fingerprint density at radius 1 is 1.25 bits per heavy atom. The molecule has 1 atom stereocenters. The Labute approximate surface area is 99.0 Å². The average molecular weight is 221 g/mol. The molecule has 0 aliphatic rings. The highest BCUT2D eigenvalue weighted by Crippen LogP contribution is 2.29. The predicted octanol–water partition coefficient (Wildman–Crippen LogP) is 3.14. The molecule has 16 heavy (non-hydrogen) atoms. The fourth-order valence-corrected chi connectivity index (χ4v) is 1.91. The van der Waals surface area contributed by atoms with E-state index in [1.165, 1.54) is 11.1 Å². The summed E-state index contributed by atoms with van der Waals surface area (Å²) < 4.78 is 5.42. The van der Waals surface area contributed by atoms with Crippen LogP contribution in [0.1, 0.15) is 43.7 Å². The molecule has 0 aromatic heterocycles. The molecule has 0 saturated carbocycles. The lowest BCUT2D eigenvalue weighted by atomic mass is 9.94. The molecular weight excluding hydrogens is 198 g/mol. The summed E-state index contributed by atoms with van der Waals surface area (Å²) in [4.78, 5) is 0. The van der Waals surface area contributed by atoms with Crippen LogP contribution in [0.5, 0.6) is 5.75 Å². The lowest BCUT2D eigenvalue weighted by Gasteiger charge is -2.17. The maximum absolute atomic E-state index is 5.42. The Morgan fingerprint density at radius 3 is 2.44 bits per heavy atom. The van der Waals surface area contributed by atoms with Gasteiger partial charge in [0, 0.05) is 6.54 Å². The van der Waals surface area contributed by atoms with Crippen LogP contribution in [0.3, 0.4) is 0 Å². The highest BCUT2D eigenvalue weighted by Gasteiger charge is 2.12. The summed E-state index contributed by atoms with van der Waals surface area (Å²) in [5.41, 5.74) is 2.67. The number of nitrogens with one attached hydrogen (secondary N) is 1. The van der Waals surface area contributed by atoms with Crippen molar-refractivity contribution in [3.8, 4) is 5.75 Å². The SMILES string of the molecule is CNCC(C)c1cc(C(C)C)ccc1OC. The molecule has 0 radical (unpaired) electrons. The van der Waals surface area contributed by atoms with E-state index in [0.717, 1.165) is 12.3 Å². The van der Waals surface area contributed by atoms with Crippen LogP contribution in [-0.2, 0) is 0 Å². The lowest BCUT2D eigenvalue weighted by molar-refractivity contribution is 0.405. The molecule has 1 aromatic rings. The van der Waals surface area contributed by atoms with E-state index in [1.54, 1.807) is 7.11 Å². The normalized spacial score (nSPS) is 12.9. The van der Waals surface area contributed by atoms with Crippen LogP contribution in [-0.4, -0.2) is 20.7 Å². The molecule has 0 amide bonds. The molecule has 1 aromatic carbocycles. The summed E-state index contributed by atoms with van der Waals surface area (Å²) in [7, 11) is 3.72. The largest absolute Gasteiger partial charge is 0.496 e. The van der Waals surface area contributed by atoms with Gasteiger partial charge in [-0.25, -0.2) is 0 Å². The van der Waals surface area contributed by atoms with Crippen molar-refractivity contribution in [1.82, 2.24) is 5.32 Å². The van der Waals surface area contributed by atoms with Gasteiger partial charge in [-0.3, -0.25) is 0 Å². The molecule has 0 spiro atoms. The second kappa shape index (κ2) is 5.90. The molecule has 1 N–H and O–H groups in total. The van der Waals surface area contributed by atoms with Crippen LogP contribution in [0.25, 0.3) is 0 Å². The molecule has 1 rings (SSSR count). The standard InChI is InChI=1S/C14H23NO/c1-10(2)12-6-7-14(16-5)13(8-12)11(3)9-15-4/h6-8,10-11,15H,9H2,1-5H3. The molecule has 0 fully saturated rings. The van der Waals surface area contributed by atoms with Crippen LogP contribution in [0.4, 0.5) is 0 Å². The van der Waals surface area contributed by atoms with Gasteiger partial charge in [-0.05, 0) is 36.1 Å². The summed E-state index contributed by atoms with van der Waals surface area (Å²) in [6.07, 6.45) is 0. The molecular formula is C14H23NO. The van der Waals surface area contributed by atoms with Gasteiger partial charge < -0.3 is 10.1 Å². The summed E-state index contributed by atoms with van der Waals surface area (Å²) in [5.74, 6) is 2.03. The number of rotatable bonds is 5. The maximum atomic E-state index is 5.42. The Kier molecular flexibility index (Phi) is 4.81. The minimum Gasteiger partial charge on any atom is -0.496 e. The van der Waals surface area contributed by atoms with Gasteiger partial charge >= 0.3 is 0 Å². The smallest absolute Gasteiger partial charge is 0.122 e. The van der Waals surface area contributed by atoms with Gasteiger partial charge in [0.25, 0.3) is 0 Å². The van der Waals surface area contributed by atoms with Crippen molar-refractivity contribution in [2.45, 2.75) is 32.6 Å². The van der Waals surface area contributed by atoms with E-state index >= 15 is 0 Å². The molecule has 2 heteroatoms. The Bertz CT molecular complexity index is 334. The lowest BCUT2D eigenvalue weighted by Crippen LogP contribution is -2.15. The van der Waals surface area contributed by atoms with Crippen LogP contribution >= 0.6 is 0 Å². The third-order valence-electron chi connectivity index (χ3n) is 2.96. The zero-order valence-corrected chi connectivity index (χ0v) is 11.0. The zero-order chi connectivity index (χ0) is 12.1. The van der Waals surface area contributed by atoms with E-state index in [2.05, 4.69) is 44.3 Å². The van der Waals surface area contributed by atoms with Crippen LogP contribution in [0.15, 0.2) is 18.2 Å². The monoisotopic (exact) mass is 221 g/mol. The molecule has 0 bridgehead atoms. The quantitative estimate of drug-likeness (QED) is 0.824. The number of hydrogen-bond donors (Lipinski definition) is 1.